The average molecular weight is 449 g/mol. The van der Waals surface area contributed by atoms with Gasteiger partial charge in [0.25, 0.3) is 0 Å². The van der Waals surface area contributed by atoms with Gasteiger partial charge in [-0.25, -0.2) is 14.2 Å². The minimum absolute atomic E-state index is 0.0263. The molecule has 1 aromatic carbocycles. The maximum atomic E-state index is 13.9. The molecule has 2 aromatic heterocycles. The summed E-state index contributed by atoms with van der Waals surface area (Å²) in [6.45, 7) is 0.949. The molecule has 0 aliphatic heterocycles. The van der Waals surface area contributed by atoms with Crippen LogP contribution in [-0.4, -0.2) is 34.1 Å². The van der Waals surface area contributed by atoms with Gasteiger partial charge in [-0.05, 0) is 44.2 Å². The van der Waals surface area contributed by atoms with Crippen molar-refractivity contribution in [2.45, 2.75) is 26.6 Å². The van der Waals surface area contributed by atoms with Crippen LogP contribution in [0.25, 0.3) is 0 Å². The fraction of sp³-hybridized carbons (Fsp3) is 0.227. The maximum absolute atomic E-state index is 13.9. The van der Waals surface area contributed by atoms with E-state index in [9.17, 15) is 27.2 Å². The Morgan fingerprint density at radius 3 is 2.50 bits per heavy atom. The van der Waals surface area contributed by atoms with E-state index >= 15 is 0 Å². The Morgan fingerprint density at radius 1 is 1.09 bits per heavy atom. The van der Waals surface area contributed by atoms with Crippen LogP contribution >= 0.6 is 0 Å². The number of halogens is 4. The molecular formula is C22H19F4N3O3. The van der Waals surface area contributed by atoms with Gasteiger partial charge in [0.05, 0.1) is 5.69 Å². The third-order valence-electron chi connectivity index (χ3n) is 4.70. The molecule has 0 radical (unpaired) electrons. The Hall–Kier alpha value is -3.69. The van der Waals surface area contributed by atoms with Crippen LogP contribution in [0.2, 0.25) is 0 Å². The Bertz CT molecular complexity index is 1160. The summed E-state index contributed by atoms with van der Waals surface area (Å²) in [4.78, 5) is 29.0. The van der Waals surface area contributed by atoms with E-state index in [1.807, 2.05) is 0 Å². The second-order valence-corrected chi connectivity index (χ2v) is 6.99. The number of benzene rings is 1. The summed E-state index contributed by atoms with van der Waals surface area (Å²) < 4.78 is 58.2. The van der Waals surface area contributed by atoms with Gasteiger partial charge >= 0.3 is 12.1 Å². The van der Waals surface area contributed by atoms with Crippen LogP contribution < -0.4 is 5.32 Å². The van der Waals surface area contributed by atoms with Crippen molar-refractivity contribution in [3.8, 4) is 0 Å². The van der Waals surface area contributed by atoms with Gasteiger partial charge in [0.15, 0.2) is 6.61 Å². The molecule has 10 heteroatoms. The number of ether oxygens (including phenoxy) is 1. The highest BCUT2D eigenvalue weighted by Crippen LogP contribution is 2.24. The minimum atomic E-state index is -4.44. The summed E-state index contributed by atoms with van der Waals surface area (Å²) in [5.74, 6) is -2.07. The number of carbonyl (C=O) groups is 2. The van der Waals surface area contributed by atoms with Gasteiger partial charge in [-0.15, -0.1) is 0 Å². The van der Waals surface area contributed by atoms with Crippen LogP contribution in [0, 0.1) is 19.7 Å². The van der Waals surface area contributed by atoms with Gasteiger partial charge in [0.2, 0.25) is 5.78 Å². The third-order valence-corrected chi connectivity index (χ3v) is 4.70. The molecule has 0 spiro atoms. The van der Waals surface area contributed by atoms with Crippen molar-refractivity contribution in [1.29, 1.82) is 0 Å². The van der Waals surface area contributed by atoms with Crippen LogP contribution in [-0.2, 0) is 11.3 Å². The molecule has 3 rings (SSSR count). The van der Waals surface area contributed by atoms with Crippen LogP contribution in [0.15, 0.2) is 48.7 Å². The van der Waals surface area contributed by atoms with Crippen molar-refractivity contribution < 1.29 is 31.9 Å². The number of pyridine rings is 1. The van der Waals surface area contributed by atoms with E-state index in [0.717, 1.165) is 4.57 Å². The molecule has 0 bridgehead atoms. The largest absolute Gasteiger partial charge is 0.454 e. The SMILES string of the molecule is Cc1cc(C(=O)COC(=O)c2cccnc2Nc2ccccc2F)c(C)n1CC(F)(F)F. The number of Topliss-reactive ketones (excluding diaryl/α,β-unsaturated/α-hetero) is 1. The van der Waals surface area contributed by atoms with E-state index in [-0.39, 0.29) is 34.0 Å². The minimum Gasteiger partial charge on any atom is -0.454 e. The molecule has 0 amide bonds. The molecule has 2 heterocycles. The molecule has 32 heavy (non-hydrogen) atoms. The quantitative estimate of drug-likeness (QED) is 0.313. The van der Waals surface area contributed by atoms with E-state index in [1.165, 1.54) is 56.4 Å². The second kappa shape index (κ2) is 9.21. The first-order valence-electron chi connectivity index (χ1n) is 9.47. The molecule has 0 saturated heterocycles. The average Bonchev–Trinajstić information content (AvgIpc) is 3.01. The number of hydrogen-bond acceptors (Lipinski definition) is 5. The molecule has 0 fully saturated rings. The summed E-state index contributed by atoms with van der Waals surface area (Å²) in [7, 11) is 0. The predicted octanol–water partition coefficient (Wildman–Crippen LogP) is 4.98. The Labute approximate surface area is 180 Å². The van der Waals surface area contributed by atoms with Crippen molar-refractivity contribution >= 4 is 23.3 Å². The summed E-state index contributed by atoms with van der Waals surface area (Å²) in [5.41, 5.74) is 0.484. The van der Waals surface area contributed by atoms with Crippen LogP contribution in [0.3, 0.4) is 0 Å². The van der Waals surface area contributed by atoms with Gasteiger partial charge in [0, 0.05) is 23.1 Å². The molecule has 0 saturated carbocycles. The summed E-state index contributed by atoms with van der Waals surface area (Å²) in [6, 6.07) is 9.97. The van der Waals surface area contributed by atoms with Crippen LogP contribution in [0.1, 0.15) is 32.1 Å². The van der Waals surface area contributed by atoms with E-state index in [0.29, 0.717) is 0 Å². The lowest BCUT2D eigenvalue weighted by Gasteiger charge is -2.12. The second-order valence-electron chi connectivity index (χ2n) is 6.99. The fourth-order valence-electron chi connectivity index (χ4n) is 3.15. The van der Waals surface area contributed by atoms with Crippen LogP contribution in [0.4, 0.5) is 29.1 Å². The lowest BCUT2D eigenvalue weighted by atomic mass is 10.1. The first kappa shape index (κ1) is 23.0. The highest BCUT2D eigenvalue weighted by Gasteiger charge is 2.30. The number of anilines is 2. The standard InChI is InChI=1S/C22H19F4N3O3/c1-13-10-16(14(2)29(13)12-22(24,25)26)19(30)11-32-21(31)15-6-5-9-27-20(15)28-18-8-4-3-7-17(18)23/h3-10H,11-12H2,1-2H3,(H,27,28). The van der Waals surface area contributed by atoms with Gasteiger partial charge < -0.3 is 14.6 Å². The number of hydrogen-bond donors (Lipinski definition) is 1. The summed E-state index contributed by atoms with van der Waals surface area (Å²) in [6.07, 6.45) is -3.05. The number of aromatic nitrogens is 2. The number of nitrogens with one attached hydrogen (secondary N) is 1. The van der Waals surface area contributed by atoms with Crippen molar-refractivity contribution in [2.24, 2.45) is 0 Å². The first-order chi connectivity index (χ1) is 15.1. The number of rotatable bonds is 7. The smallest absolute Gasteiger partial charge is 0.406 e. The van der Waals surface area contributed by atoms with Gasteiger partial charge in [0.1, 0.15) is 23.7 Å². The van der Waals surface area contributed by atoms with E-state index in [1.54, 1.807) is 6.07 Å². The van der Waals surface area contributed by atoms with Crippen molar-refractivity contribution in [3.63, 3.8) is 0 Å². The van der Waals surface area contributed by atoms with Gasteiger partial charge in [-0.3, -0.25) is 4.79 Å². The lowest BCUT2D eigenvalue weighted by molar-refractivity contribution is -0.141. The van der Waals surface area contributed by atoms with Gasteiger partial charge in [-0.1, -0.05) is 12.1 Å². The Morgan fingerprint density at radius 2 is 1.81 bits per heavy atom. The maximum Gasteiger partial charge on any atom is 0.406 e. The highest BCUT2D eigenvalue weighted by atomic mass is 19.4. The molecule has 0 aliphatic carbocycles. The molecule has 1 N–H and O–H groups in total. The highest BCUT2D eigenvalue weighted by molar-refractivity contribution is 6.01. The third kappa shape index (κ3) is 5.32. The molecular weight excluding hydrogens is 430 g/mol. The number of alkyl halides is 3. The zero-order valence-corrected chi connectivity index (χ0v) is 17.2. The molecule has 6 nitrogen and oxygen atoms in total. The molecule has 168 valence electrons. The molecule has 3 aromatic rings. The van der Waals surface area contributed by atoms with Crippen LogP contribution in [0.5, 0.6) is 0 Å². The number of ketones is 1. The zero-order chi connectivity index (χ0) is 23.5. The number of para-hydroxylation sites is 1. The molecule has 0 atom stereocenters. The van der Waals surface area contributed by atoms with E-state index in [4.69, 9.17) is 4.74 Å². The summed E-state index contributed by atoms with van der Waals surface area (Å²) >= 11 is 0. The molecule has 0 unspecified atom stereocenters. The van der Waals surface area contributed by atoms with E-state index < -0.39 is 36.9 Å². The number of carbonyl (C=O) groups excluding carboxylic acids is 2. The topological polar surface area (TPSA) is 73.2 Å². The monoisotopic (exact) mass is 449 g/mol. The predicted molar refractivity (Wildman–Crippen MR) is 108 cm³/mol. The molecule has 0 aliphatic rings. The lowest BCUT2D eigenvalue weighted by Crippen LogP contribution is -2.20. The van der Waals surface area contributed by atoms with Crippen molar-refractivity contribution in [1.82, 2.24) is 9.55 Å². The van der Waals surface area contributed by atoms with Gasteiger partial charge in [-0.2, -0.15) is 13.2 Å². The van der Waals surface area contributed by atoms with Crippen molar-refractivity contribution in [3.05, 3.63) is 77.0 Å². The normalized spacial score (nSPS) is 11.3. The fourth-order valence-corrected chi connectivity index (χ4v) is 3.15. The first-order valence-corrected chi connectivity index (χ1v) is 9.47. The summed E-state index contributed by atoms with van der Waals surface area (Å²) in [5, 5.41) is 2.70. The zero-order valence-electron chi connectivity index (χ0n) is 17.2. The Balaban J connectivity index is 1.73. The number of aryl methyl sites for hydroxylation is 1. The van der Waals surface area contributed by atoms with Crippen molar-refractivity contribution in [2.75, 3.05) is 11.9 Å². The number of nitrogens with zero attached hydrogens (tertiary/aromatic N) is 2. The Kier molecular flexibility index (Phi) is 6.61. The van der Waals surface area contributed by atoms with E-state index in [2.05, 4.69) is 10.3 Å². The number of esters is 1.